The van der Waals surface area contributed by atoms with Crippen molar-refractivity contribution in [3.8, 4) is 6.07 Å². The molecule has 0 atom stereocenters. The maximum Gasteiger partial charge on any atom is 0.198 e. The van der Waals surface area contributed by atoms with Gasteiger partial charge in [-0.05, 0) is 49.7 Å². The van der Waals surface area contributed by atoms with E-state index in [1.54, 1.807) is 0 Å². The van der Waals surface area contributed by atoms with Crippen LogP contribution in [0.4, 0.5) is 5.69 Å². The van der Waals surface area contributed by atoms with E-state index in [0.717, 1.165) is 37.2 Å². The monoisotopic (exact) mass is 298 g/mol. The molecule has 0 amide bonds. The molecule has 4 nitrogen and oxygen atoms in total. The maximum absolute atomic E-state index is 9.08. The fraction of sp³-hybridized carbons (Fsp3) is 0.438. The molecule has 1 aliphatic carbocycles. The van der Waals surface area contributed by atoms with Gasteiger partial charge in [0, 0.05) is 5.69 Å². The number of aliphatic imine (C=N–C) groups is 1. The number of thiocarbonyl (C=S) groups is 1. The van der Waals surface area contributed by atoms with Gasteiger partial charge in [-0.3, -0.25) is 0 Å². The Morgan fingerprint density at radius 2 is 2.19 bits per heavy atom. The van der Waals surface area contributed by atoms with E-state index in [-0.39, 0.29) is 5.54 Å². The van der Waals surface area contributed by atoms with E-state index in [4.69, 9.17) is 17.5 Å². The summed E-state index contributed by atoms with van der Waals surface area (Å²) in [6, 6.07) is 10.5. The zero-order valence-corrected chi connectivity index (χ0v) is 12.9. The molecule has 0 bridgehead atoms. The third-order valence-corrected chi connectivity index (χ3v) is 4.65. The van der Waals surface area contributed by atoms with Gasteiger partial charge in [-0.15, -0.1) is 0 Å². The van der Waals surface area contributed by atoms with Crippen LogP contribution >= 0.6 is 12.2 Å². The molecule has 1 aromatic carbocycles. The van der Waals surface area contributed by atoms with E-state index in [2.05, 4.69) is 35.4 Å². The van der Waals surface area contributed by atoms with Crippen LogP contribution in [0.2, 0.25) is 0 Å². The number of benzene rings is 1. The quantitative estimate of drug-likeness (QED) is 0.672. The fourth-order valence-corrected chi connectivity index (χ4v) is 3.66. The minimum atomic E-state index is -0.198. The molecule has 1 aliphatic heterocycles. The topological polar surface area (TPSA) is 51.4 Å². The van der Waals surface area contributed by atoms with Gasteiger partial charge in [0.1, 0.15) is 17.9 Å². The second-order valence-corrected chi connectivity index (χ2v) is 6.09. The molecule has 1 saturated carbocycles. The number of nitrogens with zero attached hydrogens (tertiary/aromatic N) is 3. The molecule has 0 unspecified atom stereocenters. The number of nitrogens with one attached hydrogen (secondary N) is 1. The summed E-state index contributed by atoms with van der Waals surface area (Å²) in [7, 11) is 0. The first-order chi connectivity index (χ1) is 10.2. The Hall–Kier alpha value is -1.93. The van der Waals surface area contributed by atoms with Crippen molar-refractivity contribution in [1.29, 1.82) is 5.26 Å². The van der Waals surface area contributed by atoms with Crippen LogP contribution in [0, 0.1) is 18.3 Å². The van der Waals surface area contributed by atoms with Crippen molar-refractivity contribution in [3.63, 3.8) is 0 Å². The number of hydrogen-bond acceptors (Lipinski definition) is 3. The predicted molar refractivity (Wildman–Crippen MR) is 88.4 cm³/mol. The summed E-state index contributed by atoms with van der Waals surface area (Å²) in [6.45, 7) is 2.38. The smallest absolute Gasteiger partial charge is 0.198 e. The molecular weight excluding hydrogens is 280 g/mol. The number of anilines is 1. The van der Waals surface area contributed by atoms with Gasteiger partial charge >= 0.3 is 0 Å². The van der Waals surface area contributed by atoms with Gasteiger partial charge in [0.15, 0.2) is 5.11 Å². The number of nitriles is 1. The van der Waals surface area contributed by atoms with Gasteiger partial charge in [0.25, 0.3) is 0 Å². The SMILES string of the molecule is Cc1cccc(NC2=NC(=S)N(CC#N)C23CCCC3)c1. The van der Waals surface area contributed by atoms with Gasteiger partial charge < -0.3 is 10.2 Å². The summed E-state index contributed by atoms with van der Waals surface area (Å²) in [6.07, 6.45) is 4.32. The normalized spacial score (nSPS) is 19.7. The molecular formula is C16H18N4S. The summed E-state index contributed by atoms with van der Waals surface area (Å²) < 4.78 is 0. The molecule has 108 valence electrons. The molecule has 3 rings (SSSR count). The Morgan fingerprint density at radius 3 is 2.86 bits per heavy atom. The molecule has 1 aromatic rings. The van der Waals surface area contributed by atoms with Gasteiger partial charge in [-0.1, -0.05) is 25.0 Å². The zero-order chi connectivity index (χ0) is 14.9. The highest BCUT2D eigenvalue weighted by Gasteiger charge is 2.49. The maximum atomic E-state index is 9.08. The molecule has 0 saturated heterocycles. The van der Waals surface area contributed by atoms with Crippen LogP contribution < -0.4 is 5.32 Å². The van der Waals surface area contributed by atoms with E-state index in [1.807, 2.05) is 17.0 Å². The van der Waals surface area contributed by atoms with Crippen molar-refractivity contribution >= 4 is 28.9 Å². The van der Waals surface area contributed by atoms with E-state index < -0.39 is 0 Å². The molecule has 1 heterocycles. The third-order valence-electron chi connectivity index (χ3n) is 4.34. The van der Waals surface area contributed by atoms with Crippen LogP contribution in [0.15, 0.2) is 29.3 Å². The van der Waals surface area contributed by atoms with Gasteiger partial charge in [-0.2, -0.15) is 5.26 Å². The van der Waals surface area contributed by atoms with Crippen molar-refractivity contribution < 1.29 is 0 Å². The lowest BCUT2D eigenvalue weighted by atomic mass is 9.94. The molecule has 21 heavy (non-hydrogen) atoms. The summed E-state index contributed by atoms with van der Waals surface area (Å²) in [5.74, 6) is 0.908. The van der Waals surface area contributed by atoms with Crippen LogP contribution in [0.3, 0.4) is 0 Å². The largest absolute Gasteiger partial charge is 0.342 e. The van der Waals surface area contributed by atoms with Crippen LogP contribution in [0.1, 0.15) is 31.2 Å². The second-order valence-electron chi connectivity index (χ2n) is 5.72. The summed E-state index contributed by atoms with van der Waals surface area (Å²) in [5.41, 5.74) is 2.04. The first-order valence-corrected chi connectivity index (χ1v) is 7.68. The molecule has 5 heteroatoms. The van der Waals surface area contributed by atoms with Crippen molar-refractivity contribution in [2.24, 2.45) is 4.99 Å². The van der Waals surface area contributed by atoms with Crippen molar-refractivity contribution in [2.75, 3.05) is 11.9 Å². The standard InChI is InChI=1S/C16H18N4S/c1-12-5-4-6-13(11-12)18-14-16(7-2-3-8-16)20(10-9-17)15(21)19-14/h4-6,11H,2-3,7-8,10H2,1H3,(H,18,19,21). The zero-order valence-electron chi connectivity index (χ0n) is 12.1. The lowest BCUT2D eigenvalue weighted by Gasteiger charge is -2.35. The Bertz CT molecular complexity index is 638. The van der Waals surface area contributed by atoms with Crippen molar-refractivity contribution in [3.05, 3.63) is 29.8 Å². The Labute approximate surface area is 130 Å². The Morgan fingerprint density at radius 1 is 1.43 bits per heavy atom. The molecule has 2 aliphatic rings. The van der Waals surface area contributed by atoms with E-state index in [1.165, 1.54) is 5.56 Å². The minimum absolute atomic E-state index is 0.198. The molecule has 1 N–H and O–H groups in total. The van der Waals surface area contributed by atoms with Crippen LogP contribution in [-0.2, 0) is 0 Å². The lowest BCUT2D eigenvalue weighted by molar-refractivity contribution is 0.293. The van der Waals surface area contributed by atoms with Crippen LogP contribution in [0.5, 0.6) is 0 Å². The van der Waals surface area contributed by atoms with Crippen molar-refractivity contribution in [2.45, 2.75) is 38.1 Å². The molecule has 0 radical (unpaired) electrons. The average molecular weight is 298 g/mol. The van der Waals surface area contributed by atoms with Gasteiger partial charge in [0.05, 0.1) is 6.07 Å². The number of amidine groups is 1. The summed E-state index contributed by atoms with van der Waals surface area (Å²) >= 11 is 5.38. The van der Waals surface area contributed by atoms with E-state index in [0.29, 0.717) is 11.7 Å². The number of hydrogen-bond donors (Lipinski definition) is 1. The first-order valence-electron chi connectivity index (χ1n) is 7.27. The minimum Gasteiger partial charge on any atom is -0.342 e. The van der Waals surface area contributed by atoms with E-state index >= 15 is 0 Å². The highest BCUT2D eigenvalue weighted by molar-refractivity contribution is 7.80. The van der Waals surface area contributed by atoms with Gasteiger partial charge in [-0.25, -0.2) is 4.99 Å². The fourth-order valence-electron chi connectivity index (χ4n) is 3.33. The second kappa shape index (κ2) is 5.45. The highest BCUT2D eigenvalue weighted by atomic mass is 32.1. The predicted octanol–water partition coefficient (Wildman–Crippen LogP) is 3.24. The van der Waals surface area contributed by atoms with Gasteiger partial charge in [0.2, 0.25) is 0 Å². The third kappa shape index (κ3) is 2.40. The average Bonchev–Trinajstić information content (AvgIpc) is 3.02. The molecule has 1 fully saturated rings. The molecule has 0 aromatic heterocycles. The van der Waals surface area contributed by atoms with Crippen molar-refractivity contribution in [1.82, 2.24) is 4.90 Å². The highest BCUT2D eigenvalue weighted by Crippen LogP contribution is 2.40. The summed E-state index contributed by atoms with van der Waals surface area (Å²) in [5, 5.41) is 13.1. The molecule has 1 spiro atoms. The number of rotatable bonds is 2. The van der Waals surface area contributed by atoms with E-state index in [9.17, 15) is 0 Å². The Balaban J connectivity index is 1.92. The first kappa shape index (κ1) is 14.0. The number of aryl methyl sites for hydroxylation is 1. The summed E-state index contributed by atoms with van der Waals surface area (Å²) in [4.78, 5) is 6.55. The van der Waals surface area contributed by atoms with Crippen LogP contribution in [0.25, 0.3) is 0 Å². The Kier molecular flexibility index (Phi) is 3.64. The lowest BCUT2D eigenvalue weighted by Crippen LogP contribution is -2.51. The van der Waals surface area contributed by atoms with Crippen LogP contribution in [-0.4, -0.2) is 27.9 Å².